The van der Waals surface area contributed by atoms with Gasteiger partial charge < -0.3 is 9.47 Å². The molecule has 0 atom stereocenters. The van der Waals surface area contributed by atoms with Crippen LogP contribution in [0.4, 0.5) is 0 Å². The summed E-state index contributed by atoms with van der Waals surface area (Å²) in [7, 11) is 0. The summed E-state index contributed by atoms with van der Waals surface area (Å²) >= 11 is 3.05. The van der Waals surface area contributed by atoms with Crippen LogP contribution >= 0.6 is 15.9 Å². The monoisotopic (exact) mass is 232 g/mol. The Morgan fingerprint density at radius 1 is 1.67 bits per heavy atom. The lowest BCUT2D eigenvalue weighted by Crippen LogP contribution is -2.38. The number of nitrogens with zero attached hydrogens (tertiary/aromatic N) is 1. The Morgan fingerprint density at radius 2 is 2.50 bits per heavy atom. The number of hydrogen-bond donors (Lipinski definition) is 0. The van der Waals surface area contributed by atoms with Gasteiger partial charge in [0.05, 0.1) is 17.3 Å². The Balaban J connectivity index is 2.30. The highest BCUT2D eigenvalue weighted by Gasteiger charge is 2.20. The molecular formula is C8H8BrNO2. The maximum Gasteiger partial charge on any atom is 0.214 e. The zero-order chi connectivity index (χ0) is 11.0. The number of rotatable bonds is 2. The highest BCUT2D eigenvalue weighted by atomic mass is 79.9. The van der Waals surface area contributed by atoms with Crippen molar-refractivity contribution in [1.29, 1.82) is 0 Å². The molecule has 1 aromatic rings. The van der Waals surface area contributed by atoms with Crippen molar-refractivity contribution in [2.75, 3.05) is 13.2 Å². The SMILES string of the molecule is [2H]c1c(Br)nc(OC2COC2)c([2H])c1[2H]. The van der Waals surface area contributed by atoms with E-state index in [0.29, 0.717) is 13.2 Å². The van der Waals surface area contributed by atoms with Gasteiger partial charge in [0, 0.05) is 6.04 Å². The molecule has 1 saturated heterocycles. The van der Waals surface area contributed by atoms with Crippen molar-refractivity contribution >= 4 is 15.9 Å². The first-order valence-electron chi connectivity index (χ1n) is 4.97. The van der Waals surface area contributed by atoms with E-state index in [1.54, 1.807) is 0 Å². The van der Waals surface area contributed by atoms with Gasteiger partial charge in [0.15, 0.2) is 0 Å². The molecular weight excluding hydrogens is 222 g/mol. The molecule has 0 N–H and O–H groups in total. The lowest BCUT2D eigenvalue weighted by molar-refractivity contribution is -0.0813. The van der Waals surface area contributed by atoms with Crippen LogP contribution in [0.1, 0.15) is 4.11 Å². The van der Waals surface area contributed by atoms with Crippen LogP contribution in [0.5, 0.6) is 5.88 Å². The van der Waals surface area contributed by atoms with Crippen LogP contribution in [0.15, 0.2) is 22.7 Å². The minimum atomic E-state index is -0.188. The zero-order valence-electron chi connectivity index (χ0n) is 9.13. The molecule has 2 heterocycles. The van der Waals surface area contributed by atoms with Gasteiger partial charge in [0.1, 0.15) is 10.7 Å². The maximum absolute atomic E-state index is 7.57. The van der Waals surface area contributed by atoms with E-state index in [2.05, 4.69) is 20.9 Å². The fraction of sp³-hybridized carbons (Fsp3) is 0.375. The average molecular weight is 233 g/mol. The normalized spacial score (nSPS) is 20.6. The van der Waals surface area contributed by atoms with E-state index in [9.17, 15) is 0 Å². The topological polar surface area (TPSA) is 31.4 Å². The summed E-state index contributed by atoms with van der Waals surface area (Å²) in [6, 6.07) is -0.445. The van der Waals surface area contributed by atoms with Gasteiger partial charge in [-0.25, -0.2) is 4.98 Å². The summed E-state index contributed by atoms with van der Waals surface area (Å²) in [6.45, 7) is 0.962. The third-order valence-corrected chi connectivity index (χ3v) is 1.80. The van der Waals surface area contributed by atoms with Crippen molar-refractivity contribution in [1.82, 2.24) is 4.98 Å². The van der Waals surface area contributed by atoms with Gasteiger partial charge in [-0.3, -0.25) is 0 Å². The predicted molar refractivity (Wildman–Crippen MR) is 47.2 cm³/mol. The van der Waals surface area contributed by atoms with E-state index in [4.69, 9.17) is 13.6 Å². The Labute approximate surface area is 83.0 Å². The van der Waals surface area contributed by atoms with E-state index in [1.807, 2.05) is 0 Å². The number of ether oxygens (including phenoxy) is 2. The largest absolute Gasteiger partial charge is 0.469 e. The quantitative estimate of drug-likeness (QED) is 0.727. The average Bonchev–Trinajstić information content (AvgIpc) is 2.15. The van der Waals surface area contributed by atoms with Gasteiger partial charge >= 0.3 is 0 Å². The van der Waals surface area contributed by atoms with Gasteiger partial charge in [-0.15, -0.1) is 0 Å². The van der Waals surface area contributed by atoms with E-state index in [0.717, 1.165) is 0 Å². The van der Waals surface area contributed by atoms with Gasteiger partial charge in [-0.2, -0.15) is 0 Å². The number of hydrogen-bond acceptors (Lipinski definition) is 3. The van der Waals surface area contributed by atoms with Crippen LogP contribution in [0, 0.1) is 0 Å². The number of halogens is 1. The van der Waals surface area contributed by atoms with Crippen molar-refractivity contribution in [3.8, 4) is 5.88 Å². The Morgan fingerprint density at radius 3 is 3.17 bits per heavy atom. The number of pyridine rings is 1. The second-order valence-electron chi connectivity index (χ2n) is 2.36. The summed E-state index contributed by atoms with van der Waals surface area (Å²) < 4.78 is 33.0. The van der Waals surface area contributed by atoms with Crippen molar-refractivity contribution in [3.63, 3.8) is 0 Å². The minimum Gasteiger partial charge on any atom is -0.469 e. The molecule has 64 valence electrons. The fourth-order valence-corrected chi connectivity index (χ4v) is 1.04. The molecule has 12 heavy (non-hydrogen) atoms. The molecule has 0 bridgehead atoms. The minimum absolute atomic E-state index is 0.0798. The van der Waals surface area contributed by atoms with Gasteiger partial charge in [-0.1, -0.05) is 6.04 Å². The molecule has 0 saturated carbocycles. The molecule has 4 heteroatoms. The van der Waals surface area contributed by atoms with Crippen LogP contribution in [-0.2, 0) is 4.74 Å². The molecule has 3 nitrogen and oxygen atoms in total. The fourth-order valence-electron chi connectivity index (χ4n) is 0.777. The molecule has 0 radical (unpaired) electrons. The molecule has 2 rings (SSSR count). The summed E-state index contributed by atoms with van der Waals surface area (Å²) in [6.07, 6.45) is -0.0931. The van der Waals surface area contributed by atoms with E-state index >= 15 is 0 Å². The Hall–Kier alpha value is -0.610. The highest BCUT2D eigenvalue weighted by molar-refractivity contribution is 9.10. The van der Waals surface area contributed by atoms with Crippen molar-refractivity contribution < 1.29 is 13.6 Å². The summed E-state index contributed by atoms with van der Waals surface area (Å²) in [4.78, 5) is 3.90. The third kappa shape index (κ3) is 1.76. The van der Waals surface area contributed by atoms with Crippen LogP contribution < -0.4 is 4.74 Å². The van der Waals surface area contributed by atoms with E-state index in [1.165, 1.54) is 0 Å². The lowest BCUT2D eigenvalue weighted by atomic mass is 10.3. The molecule has 1 aliphatic heterocycles. The molecule has 0 amide bonds. The summed E-state index contributed by atoms with van der Waals surface area (Å²) in [5, 5.41) is 0. The molecule has 1 fully saturated rings. The molecule has 0 unspecified atom stereocenters. The van der Waals surface area contributed by atoms with Crippen molar-refractivity contribution in [3.05, 3.63) is 22.7 Å². The first kappa shape index (κ1) is 5.19. The molecule has 0 spiro atoms. The first-order valence-corrected chi connectivity index (χ1v) is 4.26. The smallest absolute Gasteiger partial charge is 0.214 e. The highest BCUT2D eigenvalue weighted by Crippen LogP contribution is 2.15. The summed E-state index contributed by atoms with van der Waals surface area (Å²) in [5.41, 5.74) is 0. The molecule has 0 aliphatic carbocycles. The molecule has 1 aliphatic rings. The lowest BCUT2D eigenvalue weighted by Gasteiger charge is -2.25. The zero-order valence-corrected chi connectivity index (χ0v) is 7.72. The van der Waals surface area contributed by atoms with Crippen LogP contribution in [0.3, 0.4) is 0 Å². The Bertz CT molecular complexity index is 398. The second-order valence-corrected chi connectivity index (χ2v) is 3.11. The van der Waals surface area contributed by atoms with E-state index in [-0.39, 0.29) is 34.7 Å². The first-order chi connectivity index (χ1) is 7.09. The molecule has 1 aromatic heterocycles. The number of aromatic nitrogens is 1. The van der Waals surface area contributed by atoms with Crippen LogP contribution in [0.2, 0.25) is 0 Å². The molecule has 0 aromatic carbocycles. The predicted octanol–water partition coefficient (Wildman–Crippen LogP) is 1.62. The summed E-state index contributed by atoms with van der Waals surface area (Å²) in [5.74, 6) is 0.0798. The van der Waals surface area contributed by atoms with Gasteiger partial charge in [0.25, 0.3) is 0 Å². The maximum atomic E-state index is 7.57. The van der Waals surface area contributed by atoms with Crippen LogP contribution in [0.25, 0.3) is 0 Å². The Kier molecular flexibility index (Phi) is 1.48. The van der Waals surface area contributed by atoms with Crippen molar-refractivity contribution in [2.45, 2.75) is 6.10 Å². The van der Waals surface area contributed by atoms with Gasteiger partial charge in [-0.05, 0) is 22.0 Å². The second kappa shape index (κ2) is 3.41. The third-order valence-electron chi connectivity index (χ3n) is 1.42. The van der Waals surface area contributed by atoms with Crippen molar-refractivity contribution in [2.24, 2.45) is 0 Å². The van der Waals surface area contributed by atoms with Gasteiger partial charge in [0.2, 0.25) is 5.88 Å². The standard InChI is InChI=1S/C8H8BrNO2/c9-7-2-1-3-8(10-7)12-6-4-11-5-6/h1-3,6H,4-5H2/i1D,2D,3D. The van der Waals surface area contributed by atoms with Crippen LogP contribution in [-0.4, -0.2) is 24.3 Å². The van der Waals surface area contributed by atoms with E-state index < -0.39 is 0 Å².